The molecule has 9 unspecified atom stereocenters. The lowest BCUT2D eigenvalue weighted by Gasteiger charge is -2.61. The summed E-state index contributed by atoms with van der Waals surface area (Å²) >= 11 is 0. The molecule has 0 aromatic rings. The molecule has 6 nitrogen and oxygen atoms in total. The van der Waals surface area contributed by atoms with E-state index in [4.69, 9.17) is 0 Å². The van der Waals surface area contributed by atoms with Gasteiger partial charge in [-0.25, -0.2) is 4.79 Å². The highest BCUT2D eigenvalue weighted by Crippen LogP contribution is 2.68. The number of rotatable bonds is 7. The lowest BCUT2D eigenvalue weighted by Crippen LogP contribution is -2.59. The number of carboxylic acid groups (broad SMARTS) is 1. The Balaban J connectivity index is 1.41. The second-order valence-corrected chi connectivity index (χ2v) is 12.8. The van der Waals surface area contributed by atoms with Crippen LogP contribution >= 0.6 is 0 Å². The van der Waals surface area contributed by atoms with Gasteiger partial charge in [-0.15, -0.1) is 0 Å². The van der Waals surface area contributed by atoms with Gasteiger partial charge in [0, 0.05) is 0 Å². The van der Waals surface area contributed by atoms with E-state index in [1.165, 1.54) is 64.2 Å². The molecule has 0 amide bonds. The van der Waals surface area contributed by atoms with Crippen molar-refractivity contribution in [3.8, 4) is 0 Å². The molecule has 6 heteroatoms. The molecule has 4 saturated carbocycles. The average Bonchev–Trinajstić information content (AvgIpc) is 3.09. The fourth-order valence-corrected chi connectivity index (χ4v) is 9.57. The number of aliphatic carboxylic acids is 1. The second-order valence-electron chi connectivity index (χ2n) is 12.8. The molecule has 9 atom stereocenters. The Kier molecular flexibility index (Phi) is 6.74. The van der Waals surface area contributed by atoms with Crippen molar-refractivity contribution in [3.63, 3.8) is 0 Å². The highest BCUT2D eigenvalue weighted by molar-refractivity contribution is 5.78. The van der Waals surface area contributed by atoms with E-state index in [1.807, 2.05) is 0 Å². The summed E-state index contributed by atoms with van der Waals surface area (Å²) in [5, 5.41) is 47.5. The third-order valence-electron chi connectivity index (χ3n) is 11.5. The van der Waals surface area contributed by atoms with E-state index in [-0.39, 0.29) is 0 Å². The van der Waals surface area contributed by atoms with Crippen LogP contribution in [0.5, 0.6) is 0 Å². The summed E-state index contributed by atoms with van der Waals surface area (Å²) in [6.07, 6.45) is 14.2. The molecule has 4 aliphatic rings. The van der Waals surface area contributed by atoms with Gasteiger partial charge in [0.25, 0.3) is 0 Å². The van der Waals surface area contributed by atoms with Gasteiger partial charge in [-0.3, -0.25) is 0 Å². The number of fused-ring (bicyclic) bond motifs is 5. The normalized spacial score (nSPS) is 43.7. The van der Waals surface area contributed by atoms with Gasteiger partial charge in [0.2, 0.25) is 5.60 Å². The maximum absolute atomic E-state index is 11.4. The molecule has 4 aliphatic carbocycles. The zero-order valence-corrected chi connectivity index (χ0v) is 20.8. The first-order valence-corrected chi connectivity index (χ1v) is 13.5. The van der Waals surface area contributed by atoms with Crippen LogP contribution in [0.4, 0.5) is 0 Å². The van der Waals surface area contributed by atoms with Crippen LogP contribution in [-0.2, 0) is 4.79 Å². The number of carboxylic acids is 1. The summed E-state index contributed by atoms with van der Waals surface area (Å²) in [4.78, 5) is 11.4. The molecule has 0 radical (unpaired) electrons. The minimum Gasteiger partial charge on any atom is -0.479 e. The maximum atomic E-state index is 11.4. The summed E-state index contributed by atoms with van der Waals surface area (Å²) in [6.45, 7) is 7.34. The van der Waals surface area contributed by atoms with Crippen LogP contribution in [0.1, 0.15) is 104 Å². The smallest absolute Gasteiger partial charge is 0.344 e. The lowest BCUT2D eigenvalue weighted by atomic mass is 9.44. The number of hydrogen-bond acceptors (Lipinski definition) is 5. The minimum absolute atomic E-state index is 0.316. The summed E-state index contributed by atoms with van der Waals surface area (Å²) in [5.74, 6) is -1.11. The van der Waals surface area contributed by atoms with Gasteiger partial charge >= 0.3 is 11.9 Å². The number of aliphatic hydroxyl groups is 4. The average molecular weight is 467 g/mol. The van der Waals surface area contributed by atoms with Crippen LogP contribution in [0.2, 0.25) is 0 Å². The first-order valence-electron chi connectivity index (χ1n) is 13.5. The first kappa shape index (κ1) is 25.4. The molecule has 0 spiro atoms. The molecule has 33 heavy (non-hydrogen) atoms. The van der Waals surface area contributed by atoms with Crippen LogP contribution in [0, 0.1) is 46.3 Å². The second kappa shape index (κ2) is 8.76. The summed E-state index contributed by atoms with van der Waals surface area (Å²) in [5.41, 5.74) is -2.11. The van der Waals surface area contributed by atoms with Gasteiger partial charge in [0.1, 0.15) is 0 Å². The van der Waals surface area contributed by atoms with Crippen molar-refractivity contribution in [1.82, 2.24) is 0 Å². The zero-order chi connectivity index (χ0) is 24.2. The van der Waals surface area contributed by atoms with Gasteiger partial charge in [-0.1, -0.05) is 40.0 Å². The Labute approximate surface area is 198 Å². The fourth-order valence-electron chi connectivity index (χ4n) is 9.57. The van der Waals surface area contributed by atoms with Crippen molar-refractivity contribution in [1.29, 1.82) is 0 Å². The quantitative estimate of drug-likeness (QED) is 0.357. The van der Waals surface area contributed by atoms with E-state index in [0.717, 1.165) is 23.7 Å². The van der Waals surface area contributed by atoms with Crippen molar-refractivity contribution in [2.24, 2.45) is 46.3 Å². The predicted molar refractivity (Wildman–Crippen MR) is 125 cm³/mol. The van der Waals surface area contributed by atoms with Crippen molar-refractivity contribution >= 4 is 5.97 Å². The molecule has 4 fully saturated rings. The lowest BCUT2D eigenvalue weighted by molar-refractivity contribution is -0.383. The summed E-state index contributed by atoms with van der Waals surface area (Å²) < 4.78 is 0. The minimum atomic E-state index is -3.65. The standard InChI is InChI=1S/C27H46O6/c1-17(7-6-15-26(30,23(28)29)27(31,32)33)20-11-12-21-19-10-9-18-8-4-5-14-24(18,2)22(19)13-16-25(20,21)3/h17-22,30-33H,4-16H2,1-3H3,(H,28,29). The predicted octanol–water partition coefficient (Wildman–Crippen LogP) is 4.29. The first-order chi connectivity index (χ1) is 15.3. The van der Waals surface area contributed by atoms with Gasteiger partial charge in [0.15, 0.2) is 0 Å². The molecule has 190 valence electrons. The Morgan fingerprint density at radius 2 is 1.61 bits per heavy atom. The van der Waals surface area contributed by atoms with Gasteiger partial charge in [-0.05, 0) is 111 Å². The van der Waals surface area contributed by atoms with Crippen molar-refractivity contribution in [2.75, 3.05) is 0 Å². The Morgan fingerprint density at radius 3 is 2.27 bits per heavy atom. The van der Waals surface area contributed by atoms with Crippen LogP contribution in [0.25, 0.3) is 0 Å². The maximum Gasteiger partial charge on any atom is 0.344 e. The fraction of sp³-hybridized carbons (Fsp3) is 0.963. The Morgan fingerprint density at radius 1 is 0.909 bits per heavy atom. The number of carbonyl (C=O) groups is 1. The molecule has 0 aliphatic heterocycles. The van der Waals surface area contributed by atoms with E-state index in [2.05, 4.69) is 20.8 Å². The van der Waals surface area contributed by atoms with Crippen LogP contribution in [0.3, 0.4) is 0 Å². The van der Waals surface area contributed by atoms with E-state index in [1.54, 1.807) is 0 Å². The Bertz CT molecular complexity index is 733. The third kappa shape index (κ3) is 4.07. The van der Waals surface area contributed by atoms with Crippen LogP contribution in [-0.4, -0.2) is 43.1 Å². The van der Waals surface area contributed by atoms with Crippen molar-refractivity contribution < 1.29 is 30.3 Å². The number of hydrogen-bond donors (Lipinski definition) is 5. The van der Waals surface area contributed by atoms with Gasteiger partial charge in [0.05, 0.1) is 0 Å². The summed E-state index contributed by atoms with van der Waals surface area (Å²) in [6, 6.07) is 0. The monoisotopic (exact) mass is 466 g/mol. The van der Waals surface area contributed by atoms with Crippen molar-refractivity contribution in [2.45, 2.75) is 116 Å². The topological polar surface area (TPSA) is 118 Å². The SMILES string of the molecule is CC(CCCC(O)(C(=O)O)C(O)(O)O)C1CCC2C3CCC4CCCCC4(C)C3CCC12C. The molecular weight excluding hydrogens is 420 g/mol. The molecule has 0 aromatic carbocycles. The molecule has 5 N–H and O–H groups in total. The molecule has 0 aromatic heterocycles. The van der Waals surface area contributed by atoms with Gasteiger partial charge < -0.3 is 25.5 Å². The molecule has 4 rings (SSSR count). The Hall–Kier alpha value is -0.690. The highest BCUT2D eigenvalue weighted by Gasteiger charge is 2.60. The highest BCUT2D eigenvalue weighted by atomic mass is 16.7. The van der Waals surface area contributed by atoms with E-state index < -0.39 is 24.0 Å². The van der Waals surface area contributed by atoms with Gasteiger partial charge in [-0.2, -0.15) is 0 Å². The van der Waals surface area contributed by atoms with E-state index in [9.17, 15) is 30.3 Å². The van der Waals surface area contributed by atoms with Crippen LogP contribution < -0.4 is 0 Å². The van der Waals surface area contributed by atoms with Crippen LogP contribution in [0.15, 0.2) is 0 Å². The molecule has 0 bridgehead atoms. The molecule has 0 heterocycles. The zero-order valence-electron chi connectivity index (χ0n) is 20.8. The molecular formula is C27H46O6. The largest absolute Gasteiger partial charge is 0.479 e. The van der Waals surface area contributed by atoms with E-state index >= 15 is 0 Å². The van der Waals surface area contributed by atoms with E-state index in [0.29, 0.717) is 35.5 Å². The van der Waals surface area contributed by atoms with Crippen molar-refractivity contribution in [3.05, 3.63) is 0 Å². The third-order valence-corrected chi connectivity index (χ3v) is 11.5. The summed E-state index contributed by atoms with van der Waals surface area (Å²) in [7, 11) is 0. The molecule has 0 saturated heterocycles.